The van der Waals surface area contributed by atoms with E-state index in [0.717, 1.165) is 20.2 Å². The molecule has 144 valence electrons. The predicted molar refractivity (Wildman–Crippen MR) is 120 cm³/mol. The lowest BCUT2D eigenvalue weighted by atomic mass is 10.1. The minimum Gasteiger partial charge on any atom is -0.372 e. The van der Waals surface area contributed by atoms with Gasteiger partial charge in [0, 0.05) is 39.0 Å². The van der Waals surface area contributed by atoms with Crippen LogP contribution in [-0.2, 0) is 0 Å². The normalized spacial score (nSPS) is 9.86. The first-order valence-electron chi connectivity index (χ1n) is 8.73. The third-order valence-corrected chi connectivity index (χ3v) is 4.79. The van der Waals surface area contributed by atoms with E-state index < -0.39 is 6.09 Å². The lowest BCUT2D eigenvalue weighted by molar-refractivity contribution is -0.570. The van der Waals surface area contributed by atoms with Crippen LogP contribution < -0.4 is 9.30 Å². The van der Waals surface area contributed by atoms with Crippen molar-refractivity contribution in [3.63, 3.8) is 0 Å². The Morgan fingerprint density at radius 1 is 0.793 bits per heavy atom. The predicted octanol–water partition coefficient (Wildman–Crippen LogP) is 6.29. The Balaban J connectivity index is 0.000000290. The second kappa shape index (κ2) is 10.6. The van der Waals surface area contributed by atoms with E-state index in [-0.39, 0.29) is 0 Å². The number of hydrogen-bond acceptors (Lipinski definition) is 3. The van der Waals surface area contributed by atoms with Crippen LogP contribution in [0.15, 0.2) is 112 Å². The minimum atomic E-state index is -0.447. The van der Waals surface area contributed by atoms with Crippen LogP contribution >= 0.6 is 31.9 Å². The summed E-state index contributed by atoms with van der Waals surface area (Å²) >= 11 is 6.72. The van der Waals surface area contributed by atoms with Gasteiger partial charge in [0.25, 0.3) is 0 Å². The largest absolute Gasteiger partial charge is 0.608 e. The summed E-state index contributed by atoms with van der Waals surface area (Å²) in [6.07, 6.45) is 4.73. The second-order valence-electron chi connectivity index (χ2n) is 5.81. The summed E-state index contributed by atoms with van der Waals surface area (Å²) in [5, 5.41) is 0. The van der Waals surface area contributed by atoms with Gasteiger partial charge in [-0.25, -0.2) is 0 Å². The molecule has 0 aliphatic rings. The summed E-state index contributed by atoms with van der Waals surface area (Å²) < 4.78 is 8.87. The molecule has 4 nitrogen and oxygen atoms in total. The Kier molecular flexibility index (Phi) is 7.67. The van der Waals surface area contributed by atoms with Gasteiger partial charge in [-0.2, -0.15) is 4.79 Å². The molecule has 0 radical (unpaired) electrons. The van der Waals surface area contributed by atoms with Crippen LogP contribution in [-0.4, -0.2) is 11.1 Å². The monoisotopic (exact) mass is 511 g/mol. The van der Waals surface area contributed by atoms with E-state index in [1.807, 2.05) is 66.7 Å². The van der Waals surface area contributed by atoms with Gasteiger partial charge in [-0.3, -0.25) is 4.98 Å². The number of ether oxygens (including phenoxy) is 1. The van der Waals surface area contributed by atoms with Crippen molar-refractivity contribution in [2.24, 2.45) is 0 Å². The summed E-state index contributed by atoms with van der Waals surface area (Å²) in [5.74, 6) is 0.516. The lowest BCUT2D eigenvalue weighted by Crippen LogP contribution is -2.46. The SMILES string of the molecule is Brc1ccncc1.O=C(Oc1ccccc1)[n+]1ccc(Br)cc1-c1ccccc1. The van der Waals surface area contributed by atoms with Crippen molar-refractivity contribution in [2.75, 3.05) is 0 Å². The summed E-state index contributed by atoms with van der Waals surface area (Å²) in [6.45, 7) is 0. The minimum absolute atomic E-state index is 0.447. The molecule has 0 fully saturated rings. The fourth-order valence-electron chi connectivity index (χ4n) is 2.44. The van der Waals surface area contributed by atoms with Gasteiger partial charge in [0.2, 0.25) is 5.69 Å². The number of para-hydroxylation sites is 1. The van der Waals surface area contributed by atoms with Crippen LogP contribution in [0.25, 0.3) is 11.3 Å². The summed E-state index contributed by atoms with van der Waals surface area (Å²) in [4.78, 5) is 16.3. The maximum Gasteiger partial charge on any atom is 0.608 e. The molecule has 0 saturated carbocycles. The smallest absolute Gasteiger partial charge is 0.372 e. The molecule has 2 heterocycles. The number of hydrogen-bond donors (Lipinski definition) is 0. The molecule has 29 heavy (non-hydrogen) atoms. The Morgan fingerprint density at radius 2 is 1.41 bits per heavy atom. The molecule has 2 aromatic heterocycles. The molecule has 0 unspecified atom stereocenters. The van der Waals surface area contributed by atoms with Gasteiger partial charge in [0.05, 0.1) is 0 Å². The average Bonchev–Trinajstić information content (AvgIpc) is 2.76. The molecule has 0 bridgehead atoms. The van der Waals surface area contributed by atoms with E-state index in [9.17, 15) is 4.79 Å². The van der Waals surface area contributed by atoms with E-state index in [0.29, 0.717) is 5.75 Å². The van der Waals surface area contributed by atoms with Gasteiger partial charge in [-0.1, -0.05) is 72.8 Å². The van der Waals surface area contributed by atoms with Gasteiger partial charge in [0.15, 0.2) is 6.20 Å². The van der Waals surface area contributed by atoms with Gasteiger partial charge < -0.3 is 4.74 Å². The van der Waals surface area contributed by atoms with Gasteiger partial charge in [-0.05, 0) is 36.4 Å². The molecule has 4 aromatic rings. The Labute approximate surface area is 186 Å². The van der Waals surface area contributed by atoms with Crippen molar-refractivity contribution in [2.45, 2.75) is 0 Å². The average molecular weight is 513 g/mol. The first-order chi connectivity index (χ1) is 14.1. The summed E-state index contributed by atoms with van der Waals surface area (Å²) in [5.41, 5.74) is 1.70. The number of benzene rings is 2. The van der Waals surface area contributed by atoms with Crippen LogP contribution in [0.4, 0.5) is 4.79 Å². The molecule has 0 amide bonds. The molecule has 0 saturated heterocycles. The second-order valence-corrected chi connectivity index (χ2v) is 7.64. The van der Waals surface area contributed by atoms with Crippen molar-refractivity contribution >= 4 is 38.0 Å². The highest BCUT2D eigenvalue weighted by molar-refractivity contribution is 9.10. The van der Waals surface area contributed by atoms with Crippen molar-refractivity contribution in [3.05, 3.63) is 112 Å². The van der Waals surface area contributed by atoms with Crippen molar-refractivity contribution in [1.82, 2.24) is 4.98 Å². The molecule has 0 spiro atoms. The highest BCUT2D eigenvalue weighted by atomic mass is 79.9. The quantitative estimate of drug-likeness (QED) is 0.296. The van der Waals surface area contributed by atoms with E-state index in [2.05, 4.69) is 36.8 Å². The highest BCUT2D eigenvalue weighted by Crippen LogP contribution is 2.19. The number of carbonyl (C=O) groups excluding carboxylic acids is 1. The number of halogens is 2. The Hall–Kier alpha value is -2.83. The lowest BCUT2D eigenvalue weighted by Gasteiger charge is -2.04. The van der Waals surface area contributed by atoms with Crippen LogP contribution in [0.1, 0.15) is 0 Å². The van der Waals surface area contributed by atoms with Gasteiger partial charge in [0.1, 0.15) is 5.75 Å². The van der Waals surface area contributed by atoms with E-state index >= 15 is 0 Å². The zero-order valence-electron chi connectivity index (χ0n) is 15.3. The molecule has 0 atom stereocenters. The number of aromatic nitrogens is 2. The van der Waals surface area contributed by atoms with Crippen molar-refractivity contribution in [1.29, 1.82) is 0 Å². The summed E-state index contributed by atoms with van der Waals surface area (Å²) in [6, 6.07) is 26.2. The van der Waals surface area contributed by atoms with Crippen LogP contribution in [0.2, 0.25) is 0 Å². The zero-order valence-corrected chi connectivity index (χ0v) is 18.5. The van der Waals surface area contributed by atoms with Crippen LogP contribution in [0.3, 0.4) is 0 Å². The van der Waals surface area contributed by atoms with Crippen LogP contribution in [0.5, 0.6) is 5.75 Å². The Morgan fingerprint density at radius 3 is 2.00 bits per heavy atom. The first-order valence-corrected chi connectivity index (χ1v) is 10.3. The fraction of sp³-hybridized carbons (Fsp3) is 0. The van der Waals surface area contributed by atoms with Gasteiger partial charge in [-0.15, -0.1) is 0 Å². The van der Waals surface area contributed by atoms with E-state index in [1.54, 1.807) is 36.8 Å². The van der Waals surface area contributed by atoms with Crippen molar-refractivity contribution in [3.8, 4) is 17.0 Å². The Bertz CT molecular complexity index is 1060. The maximum atomic E-state index is 12.4. The summed E-state index contributed by atoms with van der Waals surface area (Å²) in [7, 11) is 0. The molecular weight excluding hydrogens is 496 g/mol. The standard InChI is InChI=1S/C18H13BrNO2.C5H4BrN/c19-15-11-12-20(17(13-15)14-7-3-1-4-8-14)18(21)22-16-9-5-2-6-10-16;6-5-1-3-7-4-2-5/h1-13H;1-4H/q+1;. The molecule has 0 N–H and O–H groups in total. The number of carbonyl (C=O) groups is 1. The van der Waals surface area contributed by atoms with E-state index in [4.69, 9.17) is 4.74 Å². The van der Waals surface area contributed by atoms with E-state index in [1.165, 1.54) is 4.57 Å². The number of pyridine rings is 2. The third-order valence-electron chi connectivity index (χ3n) is 3.77. The van der Waals surface area contributed by atoms with Crippen LogP contribution in [0, 0.1) is 0 Å². The highest BCUT2D eigenvalue weighted by Gasteiger charge is 2.24. The third kappa shape index (κ3) is 6.34. The van der Waals surface area contributed by atoms with Gasteiger partial charge >= 0.3 is 6.09 Å². The molecule has 6 heteroatoms. The number of nitrogens with zero attached hydrogens (tertiary/aromatic N) is 2. The maximum absolute atomic E-state index is 12.4. The molecule has 0 aliphatic heterocycles. The fourth-order valence-corrected chi connectivity index (χ4v) is 3.01. The molecule has 0 aliphatic carbocycles. The molecule has 2 aromatic carbocycles. The number of rotatable bonds is 2. The molecule has 4 rings (SSSR count). The van der Waals surface area contributed by atoms with Crippen molar-refractivity contribution < 1.29 is 14.1 Å². The topological polar surface area (TPSA) is 43.1 Å². The first kappa shape index (κ1) is 20.9. The zero-order chi connectivity index (χ0) is 20.5. The molecular formula is C23H17Br2N2O2+.